The molecule has 3 fully saturated rings. The molecule has 34 heavy (non-hydrogen) atoms. The molecule has 6 rings (SSSR count). The summed E-state index contributed by atoms with van der Waals surface area (Å²) in [5, 5.41) is 1.53. The lowest BCUT2D eigenvalue weighted by Crippen LogP contribution is -2.52. The van der Waals surface area contributed by atoms with Crippen LogP contribution in [0.4, 0.5) is 0 Å². The molecule has 4 aliphatic rings. The molecule has 0 amide bonds. The minimum Gasteiger partial charge on any atom is -0.358 e. The van der Waals surface area contributed by atoms with Gasteiger partial charge < -0.3 is 4.98 Å². The van der Waals surface area contributed by atoms with Gasteiger partial charge in [-0.05, 0) is 115 Å². The van der Waals surface area contributed by atoms with E-state index in [-0.39, 0.29) is 0 Å². The maximum Gasteiger partial charge on any atom is 0.0459 e. The summed E-state index contributed by atoms with van der Waals surface area (Å²) < 4.78 is 0. The molecule has 2 aromatic rings. The topological polar surface area (TPSA) is 15.8 Å². The number of rotatable bonds is 5. The van der Waals surface area contributed by atoms with Crippen LogP contribution in [0.2, 0.25) is 0 Å². The summed E-state index contributed by atoms with van der Waals surface area (Å²) in [6.45, 7) is 12.9. The largest absolute Gasteiger partial charge is 0.358 e. The van der Waals surface area contributed by atoms with Crippen LogP contribution in [-0.2, 0) is 6.42 Å². The van der Waals surface area contributed by atoms with Crippen LogP contribution in [0, 0.1) is 46.3 Å². The van der Waals surface area contributed by atoms with E-state index in [1.165, 1.54) is 81.5 Å². The van der Waals surface area contributed by atoms with E-state index in [1.807, 2.05) is 0 Å². The SMILES string of the molecule is CC(C)CCC[C@@H](C)[C@H]1CC[C@H]2[C@@H]3CCC4c5c([nH]c6ccccc56)CC[C@]4(C)[C@H]3CC[C@]12C. The van der Waals surface area contributed by atoms with E-state index in [9.17, 15) is 0 Å². The predicted octanol–water partition coefficient (Wildman–Crippen LogP) is 9.52. The molecular weight excluding hydrogens is 410 g/mol. The van der Waals surface area contributed by atoms with Crippen LogP contribution in [0.25, 0.3) is 10.9 Å². The lowest BCUT2D eigenvalue weighted by atomic mass is 9.44. The number of nitrogens with one attached hydrogen (secondary N) is 1. The monoisotopic (exact) mass is 459 g/mol. The van der Waals surface area contributed by atoms with Crippen molar-refractivity contribution >= 4 is 10.9 Å². The number of fused-ring (bicyclic) bond motifs is 9. The fourth-order valence-electron chi connectivity index (χ4n) is 10.5. The van der Waals surface area contributed by atoms with E-state index < -0.39 is 0 Å². The van der Waals surface area contributed by atoms with Gasteiger partial charge in [-0.2, -0.15) is 0 Å². The Bertz CT molecular complexity index is 1030. The van der Waals surface area contributed by atoms with Gasteiger partial charge in [-0.15, -0.1) is 0 Å². The van der Waals surface area contributed by atoms with Gasteiger partial charge in [0.05, 0.1) is 0 Å². The van der Waals surface area contributed by atoms with Gasteiger partial charge in [-0.1, -0.05) is 72.1 Å². The highest BCUT2D eigenvalue weighted by atomic mass is 14.8. The molecule has 0 bridgehead atoms. The summed E-state index contributed by atoms with van der Waals surface area (Å²) in [5.74, 6) is 6.44. The van der Waals surface area contributed by atoms with Crippen LogP contribution in [0.15, 0.2) is 24.3 Å². The van der Waals surface area contributed by atoms with Crippen molar-refractivity contribution in [3.63, 3.8) is 0 Å². The standard InChI is InChI=1S/C33H49N/c1-21(2)9-8-10-22(3)25-15-16-26-23-13-14-28-31-24-11-6-7-12-29(24)34-30(31)18-20-33(28,5)27(23)17-19-32(25,26)4/h6-7,11-12,21-23,25-28,34H,8-10,13-20H2,1-5H3/t22-,23+,25-,26+,27+,28?,32-,33-/m1/s1. The number of aromatic amines is 1. The molecule has 1 heterocycles. The van der Waals surface area contributed by atoms with E-state index in [0.29, 0.717) is 10.8 Å². The zero-order chi connectivity index (χ0) is 23.7. The van der Waals surface area contributed by atoms with E-state index in [2.05, 4.69) is 63.9 Å². The van der Waals surface area contributed by atoms with Crippen LogP contribution in [0.3, 0.4) is 0 Å². The van der Waals surface area contributed by atoms with E-state index >= 15 is 0 Å². The van der Waals surface area contributed by atoms with Gasteiger partial charge in [-0.25, -0.2) is 0 Å². The molecule has 1 aromatic carbocycles. The van der Waals surface area contributed by atoms with Gasteiger partial charge in [-0.3, -0.25) is 0 Å². The zero-order valence-corrected chi connectivity index (χ0v) is 22.6. The average molecular weight is 460 g/mol. The summed E-state index contributed by atoms with van der Waals surface area (Å²) >= 11 is 0. The molecule has 1 aromatic heterocycles. The van der Waals surface area contributed by atoms with Gasteiger partial charge in [0, 0.05) is 16.6 Å². The van der Waals surface area contributed by atoms with Crippen LogP contribution in [0.5, 0.6) is 0 Å². The lowest BCUT2D eigenvalue weighted by molar-refractivity contribution is -0.0895. The number of hydrogen-bond donors (Lipinski definition) is 1. The van der Waals surface area contributed by atoms with Gasteiger partial charge >= 0.3 is 0 Å². The van der Waals surface area contributed by atoms with Gasteiger partial charge in [0.2, 0.25) is 0 Å². The number of H-pyrrole nitrogens is 1. The molecular formula is C33H49N. The first-order valence-electron chi connectivity index (χ1n) is 14.9. The first kappa shape index (κ1) is 23.2. The second-order valence-electron chi connectivity index (χ2n) is 14.1. The fraction of sp³-hybridized carbons (Fsp3) is 0.758. The highest BCUT2D eigenvalue weighted by Gasteiger charge is 2.60. The van der Waals surface area contributed by atoms with E-state index in [0.717, 1.165) is 41.4 Å². The molecule has 0 saturated heterocycles. The van der Waals surface area contributed by atoms with E-state index in [4.69, 9.17) is 0 Å². The first-order chi connectivity index (χ1) is 16.3. The maximum absolute atomic E-state index is 3.82. The quantitative estimate of drug-likeness (QED) is 0.458. The lowest BCUT2D eigenvalue weighted by Gasteiger charge is -2.60. The summed E-state index contributed by atoms with van der Waals surface area (Å²) in [6.07, 6.45) is 15.9. The van der Waals surface area contributed by atoms with Gasteiger partial charge in [0.25, 0.3) is 0 Å². The Morgan fingerprint density at radius 3 is 2.50 bits per heavy atom. The van der Waals surface area contributed by atoms with Crippen molar-refractivity contribution in [1.29, 1.82) is 0 Å². The van der Waals surface area contributed by atoms with Crippen molar-refractivity contribution in [1.82, 2.24) is 4.98 Å². The highest BCUT2D eigenvalue weighted by Crippen LogP contribution is 2.69. The van der Waals surface area contributed by atoms with E-state index in [1.54, 1.807) is 11.3 Å². The van der Waals surface area contributed by atoms with Gasteiger partial charge in [0.15, 0.2) is 0 Å². The Morgan fingerprint density at radius 2 is 1.68 bits per heavy atom. The summed E-state index contributed by atoms with van der Waals surface area (Å²) in [7, 11) is 0. The van der Waals surface area contributed by atoms with Crippen molar-refractivity contribution in [2.45, 2.75) is 111 Å². The molecule has 8 atom stereocenters. The minimum absolute atomic E-state index is 0.503. The fourth-order valence-corrected chi connectivity index (χ4v) is 10.5. The molecule has 4 aliphatic carbocycles. The highest BCUT2D eigenvalue weighted by molar-refractivity contribution is 5.85. The van der Waals surface area contributed by atoms with Gasteiger partial charge in [0.1, 0.15) is 0 Å². The Kier molecular flexibility index (Phi) is 5.74. The summed E-state index contributed by atoms with van der Waals surface area (Å²) in [6, 6.07) is 9.14. The molecule has 1 unspecified atom stereocenters. The molecule has 0 radical (unpaired) electrons. The molecule has 1 heteroatoms. The Hall–Kier alpha value is -1.24. The molecule has 186 valence electrons. The molecule has 1 N–H and O–H groups in total. The normalized spacial score (nSPS) is 40.0. The molecule has 0 spiro atoms. The predicted molar refractivity (Wildman–Crippen MR) is 145 cm³/mol. The number of aromatic nitrogens is 1. The zero-order valence-electron chi connectivity index (χ0n) is 22.6. The maximum atomic E-state index is 3.82. The Labute approximate surface area is 208 Å². The van der Waals surface area contributed by atoms with Crippen LogP contribution in [-0.4, -0.2) is 4.98 Å². The number of hydrogen-bond acceptors (Lipinski definition) is 0. The van der Waals surface area contributed by atoms with Crippen molar-refractivity contribution in [3.8, 4) is 0 Å². The van der Waals surface area contributed by atoms with Crippen LogP contribution >= 0.6 is 0 Å². The third-order valence-corrected chi connectivity index (χ3v) is 12.2. The average Bonchev–Trinajstić information content (AvgIpc) is 3.36. The smallest absolute Gasteiger partial charge is 0.0459 e. The number of aryl methyl sites for hydroxylation is 1. The minimum atomic E-state index is 0.503. The van der Waals surface area contributed by atoms with Crippen molar-refractivity contribution in [2.75, 3.05) is 0 Å². The Morgan fingerprint density at radius 1 is 0.882 bits per heavy atom. The third kappa shape index (κ3) is 3.38. The first-order valence-corrected chi connectivity index (χ1v) is 14.9. The van der Waals surface area contributed by atoms with Crippen molar-refractivity contribution in [3.05, 3.63) is 35.5 Å². The summed E-state index contributed by atoms with van der Waals surface area (Å²) in [4.78, 5) is 3.82. The molecule has 3 saturated carbocycles. The third-order valence-electron chi connectivity index (χ3n) is 12.2. The Balaban J connectivity index is 1.24. The molecule has 0 aliphatic heterocycles. The van der Waals surface area contributed by atoms with Crippen molar-refractivity contribution in [2.24, 2.45) is 46.3 Å². The van der Waals surface area contributed by atoms with Crippen LogP contribution < -0.4 is 0 Å². The summed E-state index contributed by atoms with van der Waals surface area (Å²) in [5.41, 5.74) is 5.78. The van der Waals surface area contributed by atoms with Crippen molar-refractivity contribution < 1.29 is 0 Å². The number of benzene rings is 1. The second kappa shape index (κ2) is 8.41. The van der Waals surface area contributed by atoms with Crippen LogP contribution in [0.1, 0.15) is 116 Å². The molecule has 1 nitrogen and oxygen atoms in total. The second-order valence-corrected chi connectivity index (χ2v) is 14.1. The number of para-hydroxylation sites is 1.